The second-order valence-electron chi connectivity index (χ2n) is 7.67. The zero-order chi connectivity index (χ0) is 22.3. The smallest absolute Gasteiger partial charge is 0.321 e. The summed E-state index contributed by atoms with van der Waals surface area (Å²) in [6.07, 6.45) is 1.48. The second kappa shape index (κ2) is 10.0. The molecular weight excluding hydrogens is 411 g/mol. The molecule has 2 amide bonds. The molecule has 6 nitrogen and oxygen atoms in total. The highest BCUT2D eigenvalue weighted by molar-refractivity contribution is 5.89. The number of phenols is 1. The number of carbonyl (C=O) groups excluding carboxylic acids is 1. The Hall–Kier alpha value is -3.74. The van der Waals surface area contributed by atoms with Crippen molar-refractivity contribution in [1.82, 2.24) is 4.90 Å². The molecule has 1 aliphatic rings. The van der Waals surface area contributed by atoms with Crippen LogP contribution >= 0.6 is 0 Å². The Balaban J connectivity index is 1.22. The summed E-state index contributed by atoms with van der Waals surface area (Å²) in [5, 5.41) is 12.3. The molecule has 3 aromatic carbocycles. The third-order valence-electron chi connectivity index (χ3n) is 5.25. The van der Waals surface area contributed by atoms with Crippen LogP contribution in [0.3, 0.4) is 0 Å². The van der Waals surface area contributed by atoms with Gasteiger partial charge in [-0.25, -0.2) is 9.18 Å². The van der Waals surface area contributed by atoms with E-state index in [1.165, 1.54) is 18.2 Å². The predicted molar refractivity (Wildman–Crippen MR) is 120 cm³/mol. The van der Waals surface area contributed by atoms with Crippen LogP contribution in [0.1, 0.15) is 18.4 Å². The van der Waals surface area contributed by atoms with Gasteiger partial charge in [0.2, 0.25) is 0 Å². The van der Waals surface area contributed by atoms with Crippen molar-refractivity contribution in [2.45, 2.75) is 25.6 Å². The number of halogens is 1. The van der Waals surface area contributed by atoms with E-state index in [-0.39, 0.29) is 23.7 Å². The number of hydrogen-bond donors (Lipinski definition) is 2. The van der Waals surface area contributed by atoms with Gasteiger partial charge in [-0.2, -0.15) is 0 Å². The number of piperidine rings is 1. The van der Waals surface area contributed by atoms with Crippen LogP contribution in [-0.4, -0.2) is 35.2 Å². The molecule has 0 unspecified atom stereocenters. The van der Waals surface area contributed by atoms with Crippen LogP contribution in [0.5, 0.6) is 17.2 Å². The number of carbonyl (C=O) groups is 1. The number of rotatable bonds is 6. The van der Waals surface area contributed by atoms with E-state index in [1.54, 1.807) is 29.2 Å². The highest BCUT2D eigenvalue weighted by atomic mass is 19.1. The van der Waals surface area contributed by atoms with Gasteiger partial charge in [0.15, 0.2) is 0 Å². The third kappa shape index (κ3) is 5.91. The van der Waals surface area contributed by atoms with Crippen molar-refractivity contribution < 1.29 is 23.8 Å². The van der Waals surface area contributed by atoms with E-state index < -0.39 is 0 Å². The molecule has 4 rings (SSSR count). The van der Waals surface area contributed by atoms with Crippen molar-refractivity contribution in [3.8, 4) is 17.2 Å². The molecule has 1 aliphatic heterocycles. The molecule has 1 saturated heterocycles. The first-order chi connectivity index (χ1) is 15.5. The number of anilines is 1. The highest BCUT2D eigenvalue weighted by Crippen LogP contribution is 2.23. The van der Waals surface area contributed by atoms with Crippen molar-refractivity contribution in [1.29, 1.82) is 0 Å². The quantitative estimate of drug-likeness (QED) is 0.558. The first kappa shape index (κ1) is 21.5. The van der Waals surface area contributed by atoms with Gasteiger partial charge in [0, 0.05) is 37.7 Å². The highest BCUT2D eigenvalue weighted by Gasteiger charge is 2.24. The fourth-order valence-corrected chi connectivity index (χ4v) is 3.56. The van der Waals surface area contributed by atoms with Gasteiger partial charge in [-0.05, 0) is 54.1 Å². The summed E-state index contributed by atoms with van der Waals surface area (Å²) >= 11 is 0. The molecule has 2 N–H and O–H groups in total. The number of nitrogens with zero attached hydrogens (tertiary/aromatic N) is 1. The summed E-state index contributed by atoms with van der Waals surface area (Å²) in [7, 11) is 0. The van der Waals surface area contributed by atoms with Crippen molar-refractivity contribution >= 4 is 11.7 Å². The number of nitrogens with one attached hydrogen (secondary N) is 1. The first-order valence-corrected chi connectivity index (χ1v) is 10.5. The Morgan fingerprint density at radius 1 is 1.00 bits per heavy atom. The Bertz CT molecular complexity index is 1050. The molecule has 0 atom stereocenters. The number of ether oxygens (including phenoxy) is 2. The molecule has 0 bridgehead atoms. The maximum Gasteiger partial charge on any atom is 0.321 e. The van der Waals surface area contributed by atoms with E-state index in [1.807, 2.05) is 30.3 Å². The van der Waals surface area contributed by atoms with E-state index in [0.29, 0.717) is 31.1 Å². The Labute approximate surface area is 186 Å². The first-order valence-electron chi connectivity index (χ1n) is 10.5. The van der Waals surface area contributed by atoms with Gasteiger partial charge in [0.1, 0.15) is 35.8 Å². The lowest BCUT2D eigenvalue weighted by molar-refractivity contribution is 0.115. The molecule has 166 valence electrons. The van der Waals surface area contributed by atoms with Crippen LogP contribution in [0.2, 0.25) is 0 Å². The van der Waals surface area contributed by atoms with Crippen LogP contribution in [0.15, 0.2) is 72.8 Å². The summed E-state index contributed by atoms with van der Waals surface area (Å²) in [6.45, 7) is 1.47. The maximum absolute atomic E-state index is 13.2. The van der Waals surface area contributed by atoms with E-state index in [0.717, 1.165) is 24.2 Å². The molecule has 0 spiro atoms. The minimum Gasteiger partial charge on any atom is -0.508 e. The van der Waals surface area contributed by atoms with Gasteiger partial charge in [-0.15, -0.1) is 0 Å². The van der Waals surface area contributed by atoms with E-state index in [9.17, 15) is 14.3 Å². The lowest BCUT2D eigenvalue weighted by Gasteiger charge is -2.32. The number of phenolic OH excluding ortho intramolecular Hbond substituents is 1. The fourth-order valence-electron chi connectivity index (χ4n) is 3.56. The maximum atomic E-state index is 13.2. The normalized spacial score (nSPS) is 14.1. The largest absolute Gasteiger partial charge is 0.508 e. The molecule has 32 heavy (non-hydrogen) atoms. The zero-order valence-electron chi connectivity index (χ0n) is 17.5. The van der Waals surface area contributed by atoms with Gasteiger partial charge < -0.3 is 24.8 Å². The monoisotopic (exact) mass is 436 g/mol. The van der Waals surface area contributed by atoms with Crippen LogP contribution in [0.25, 0.3) is 0 Å². The zero-order valence-corrected chi connectivity index (χ0v) is 17.5. The molecule has 0 aliphatic carbocycles. The molecule has 1 heterocycles. The number of amides is 2. The average molecular weight is 436 g/mol. The summed E-state index contributed by atoms with van der Waals surface area (Å²) in [4.78, 5) is 14.2. The Morgan fingerprint density at radius 2 is 1.72 bits per heavy atom. The van der Waals surface area contributed by atoms with Crippen molar-refractivity contribution in [2.24, 2.45) is 0 Å². The van der Waals surface area contributed by atoms with E-state index in [4.69, 9.17) is 9.47 Å². The number of hydrogen-bond acceptors (Lipinski definition) is 4. The molecule has 3 aromatic rings. The SMILES string of the molecule is O=C(Nc1cccc(O)c1)N1CCC(Oc2ccc(OCc3cccc(F)c3)cc2)CC1. The molecule has 0 saturated carbocycles. The average Bonchev–Trinajstić information content (AvgIpc) is 2.79. The Morgan fingerprint density at radius 3 is 2.44 bits per heavy atom. The van der Waals surface area contributed by atoms with Crippen LogP contribution in [-0.2, 0) is 6.61 Å². The number of likely N-dealkylation sites (tertiary alicyclic amines) is 1. The van der Waals surface area contributed by atoms with Crippen molar-refractivity contribution in [3.63, 3.8) is 0 Å². The van der Waals surface area contributed by atoms with E-state index in [2.05, 4.69) is 5.32 Å². The lowest BCUT2D eigenvalue weighted by Crippen LogP contribution is -2.43. The van der Waals surface area contributed by atoms with Gasteiger partial charge in [-0.3, -0.25) is 0 Å². The van der Waals surface area contributed by atoms with Crippen LogP contribution < -0.4 is 14.8 Å². The van der Waals surface area contributed by atoms with Gasteiger partial charge >= 0.3 is 6.03 Å². The number of urea groups is 1. The summed E-state index contributed by atoms with van der Waals surface area (Å²) in [5.74, 6) is 1.25. The molecule has 7 heteroatoms. The summed E-state index contributed by atoms with van der Waals surface area (Å²) in [6, 6.07) is 20.0. The van der Waals surface area contributed by atoms with Crippen LogP contribution in [0, 0.1) is 5.82 Å². The molecule has 0 aromatic heterocycles. The molecule has 1 fully saturated rings. The lowest BCUT2D eigenvalue weighted by atomic mass is 10.1. The third-order valence-corrected chi connectivity index (χ3v) is 5.25. The number of benzene rings is 3. The topological polar surface area (TPSA) is 71.0 Å². The second-order valence-corrected chi connectivity index (χ2v) is 7.67. The molecule has 0 radical (unpaired) electrons. The van der Waals surface area contributed by atoms with Gasteiger partial charge in [-0.1, -0.05) is 18.2 Å². The fraction of sp³-hybridized carbons (Fsp3) is 0.240. The van der Waals surface area contributed by atoms with Crippen LogP contribution in [0.4, 0.5) is 14.9 Å². The summed E-state index contributed by atoms with van der Waals surface area (Å²) < 4.78 is 25.0. The standard InChI is InChI=1S/C25H25FN2O4/c26-19-4-1-3-18(15-19)17-31-22-7-9-23(10-8-22)32-24-11-13-28(14-12-24)25(30)27-20-5-2-6-21(29)16-20/h1-10,15-16,24,29H,11-14,17H2,(H,27,30). The minimum absolute atomic E-state index is 0.0267. The minimum atomic E-state index is -0.280. The van der Waals surface area contributed by atoms with Gasteiger partial charge in [0.05, 0.1) is 0 Å². The summed E-state index contributed by atoms with van der Waals surface area (Å²) in [5.41, 5.74) is 1.33. The van der Waals surface area contributed by atoms with Gasteiger partial charge in [0.25, 0.3) is 0 Å². The van der Waals surface area contributed by atoms with E-state index >= 15 is 0 Å². The van der Waals surface area contributed by atoms with Crippen molar-refractivity contribution in [3.05, 3.63) is 84.2 Å². The Kier molecular flexibility index (Phi) is 6.75. The molecular formula is C25H25FN2O4. The number of aromatic hydroxyl groups is 1. The van der Waals surface area contributed by atoms with Crippen molar-refractivity contribution in [2.75, 3.05) is 18.4 Å². The predicted octanol–water partition coefficient (Wildman–Crippen LogP) is 5.19.